The standard InChI is InChI=1S/C33H52N2O6S/c1-21-8-10-22(11-9-21)29(36)35(26-20-27(32(2,3)4)42-28(26)30(37)38)23-12-14-24(15-13-23)40-25-16-18-34(19-17-25)31(39)41-33(5,6)7/h20-25H,8-19H2,1-7H3,(H,37,38). The fraction of sp³-hybridized carbons (Fsp3) is 0.788. The van der Waals surface area contributed by atoms with Gasteiger partial charge in [-0.15, -0.1) is 11.3 Å². The number of carbonyl (C=O) groups is 3. The Labute approximate surface area is 256 Å². The molecule has 3 aliphatic rings. The molecule has 2 aliphatic carbocycles. The van der Waals surface area contributed by atoms with Crippen LogP contribution in [0.1, 0.15) is 127 Å². The molecule has 1 aliphatic heterocycles. The Hall–Kier alpha value is -2.13. The topological polar surface area (TPSA) is 96.4 Å². The van der Waals surface area contributed by atoms with Crippen molar-refractivity contribution in [1.82, 2.24) is 4.90 Å². The fourth-order valence-corrected chi connectivity index (χ4v) is 7.54. The van der Waals surface area contributed by atoms with Crippen LogP contribution in [0, 0.1) is 11.8 Å². The number of amides is 2. The predicted octanol–water partition coefficient (Wildman–Crippen LogP) is 7.63. The predicted molar refractivity (Wildman–Crippen MR) is 167 cm³/mol. The monoisotopic (exact) mass is 604 g/mol. The maximum Gasteiger partial charge on any atom is 0.410 e. The summed E-state index contributed by atoms with van der Waals surface area (Å²) in [6.45, 7) is 15.4. The number of thiophene rings is 1. The number of piperidine rings is 1. The van der Waals surface area contributed by atoms with Crippen molar-refractivity contribution >= 4 is 35.0 Å². The normalized spacial score (nSPS) is 26.1. The number of anilines is 1. The first-order valence-electron chi connectivity index (χ1n) is 16.0. The summed E-state index contributed by atoms with van der Waals surface area (Å²) in [5, 5.41) is 10.2. The molecule has 42 heavy (non-hydrogen) atoms. The van der Waals surface area contributed by atoms with Gasteiger partial charge in [0.2, 0.25) is 5.91 Å². The molecule has 4 rings (SSSR count). The highest BCUT2D eigenvalue weighted by atomic mass is 32.1. The molecule has 2 heterocycles. The minimum Gasteiger partial charge on any atom is -0.477 e. The van der Waals surface area contributed by atoms with Gasteiger partial charge in [0.05, 0.1) is 17.9 Å². The number of ether oxygens (including phenoxy) is 2. The maximum absolute atomic E-state index is 14.2. The molecule has 1 saturated heterocycles. The lowest BCUT2D eigenvalue weighted by Gasteiger charge is -2.41. The third kappa shape index (κ3) is 8.28. The first kappa shape index (κ1) is 32.8. The van der Waals surface area contributed by atoms with Crippen molar-refractivity contribution in [1.29, 1.82) is 0 Å². The first-order chi connectivity index (χ1) is 19.6. The van der Waals surface area contributed by atoms with E-state index in [1.54, 1.807) is 4.90 Å². The maximum atomic E-state index is 14.2. The van der Waals surface area contributed by atoms with Crippen molar-refractivity contribution in [2.24, 2.45) is 11.8 Å². The Morgan fingerprint density at radius 2 is 1.45 bits per heavy atom. The van der Waals surface area contributed by atoms with Crippen molar-refractivity contribution in [2.75, 3.05) is 18.0 Å². The minimum atomic E-state index is -0.963. The van der Waals surface area contributed by atoms with Crippen LogP contribution in [0.2, 0.25) is 0 Å². The van der Waals surface area contributed by atoms with E-state index < -0.39 is 11.6 Å². The number of aromatic carboxylic acids is 1. The summed E-state index contributed by atoms with van der Waals surface area (Å²) in [4.78, 5) is 43.9. The Morgan fingerprint density at radius 3 is 1.98 bits per heavy atom. The average Bonchev–Trinajstić information content (AvgIpc) is 3.36. The van der Waals surface area contributed by atoms with Gasteiger partial charge in [-0.05, 0) is 102 Å². The third-order valence-electron chi connectivity index (χ3n) is 9.00. The molecule has 2 saturated carbocycles. The summed E-state index contributed by atoms with van der Waals surface area (Å²) in [7, 11) is 0. The summed E-state index contributed by atoms with van der Waals surface area (Å²) >= 11 is 1.31. The number of carboxylic acids is 1. The molecule has 9 heteroatoms. The number of carboxylic acid groups (broad SMARTS) is 1. The van der Waals surface area contributed by atoms with E-state index in [1.807, 2.05) is 31.7 Å². The van der Waals surface area contributed by atoms with Crippen LogP contribution in [-0.2, 0) is 19.7 Å². The van der Waals surface area contributed by atoms with Gasteiger partial charge in [0.1, 0.15) is 10.5 Å². The van der Waals surface area contributed by atoms with E-state index in [-0.39, 0.29) is 46.5 Å². The van der Waals surface area contributed by atoms with Crippen LogP contribution in [0.4, 0.5) is 10.5 Å². The highest BCUT2D eigenvalue weighted by Gasteiger charge is 2.39. The van der Waals surface area contributed by atoms with Gasteiger partial charge in [-0.1, -0.05) is 27.7 Å². The van der Waals surface area contributed by atoms with Gasteiger partial charge >= 0.3 is 12.1 Å². The lowest BCUT2D eigenvalue weighted by Crippen LogP contribution is -2.48. The number of nitrogens with zero attached hydrogens (tertiary/aromatic N) is 2. The van der Waals surface area contributed by atoms with Gasteiger partial charge in [-0.25, -0.2) is 9.59 Å². The van der Waals surface area contributed by atoms with Gasteiger partial charge in [0.25, 0.3) is 0 Å². The summed E-state index contributed by atoms with van der Waals surface area (Å²) in [5.41, 5.74) is -0.122. The van der Waals surface area contributed by atoms with Crippen molar-refractivity contribution in [3.8, 4) is 0 Å². The van der Waals surface area contributed by atoms with Crippen LogP contribution in [0.5, 0.6) is 0 Å². The second-order valence-electron chi connectivity index (χ2n) is 14.8. The van der Waals surface area contributed by atoms with Crippen LogP contribution >= 0.6 is 11.3 Å². The van der Waals surface area contributed by atoms with Crippen LogP contribution in [0.3, 0.4) is 0 Å². The second-order valence-corrected chi connectivity index (χ2v) is 15.8. The molecule has 1 aromatic rings. The van der Waals surface area contributed by atoms with Crippen LogP contribution in [0.25, 0.3) is 0 Å². The van der Waals surface area contributed by atoms with E-state index in [0.29, 0.717) is 24.7 Å². The highest BCUT2D eigenvalue weighted by molar-refractivity contribution is 7.14. The number of hydrogen-bond donors (Lipinski definition) is 1. The lowest BCUT2D eigenvalue weighted by molar-refractivity contribution is -0.124. The Balaban J connectivity index is 1.43. The van der Waals surface area contributed by atoms with Crippen LogP contribution in [0.15, 0.2) is 6.07 Å². The van der Waals surface area contributed by atoms with Crippen molar-refractivity contribution < 1.29 is 29.0 Å². The number of rotatable bonds is 6. The van der Waals surface area contributed by atoms with Gasteiger partial charge < -0.3 is 24.4 Å². The van der Waals surface area contributed by atoms with Gasteiger partial charge in [0, 0.05) is 29.9 Å². The molecule has 0 spiro atoms. The van der Waals surface area contributed by atoms with Gasteiger partial charge in [-0.3, -0.25) is 4.79 Å². The summed E-state index contributed by atoms with van der Waals surface area (Å²) in [5.74, 6) is -0.281. The SMILES string of the molecule is CC1CCC(C(=O)N(c2cc(C(C)(C)C)sc2C(=O)O)C2CCC(OC3CCN(C(=O)OC(C)(C)C)CC3)CC2)CC1. The number of carbonyl (C=O) groups excluding carboxylic acids is 2. The zero-order valence-corrected chi connectivity index (χ0v) is 27.6. The van der Waals surface area contributed by atoms with E-state index in [9.17, 15) is 19.5 Å². The molecule has 0 atom stereocenters. The lowest BCUT2D eigenvalue weighted by atomic mass is 9.81. The van der Waals surface area contributed by atoms with E-state index in [1.165, 1.54) is 11.3 Å². The van der Waals surface area contributed by atoms with E-state index in [2.05, 4.69) is 27.7 Å². The summed E-state index contributed by atoms with van der Waals surface area (Å²) in [6, 6.07) is 1.93. The Kier molecular flexibility index (Phi) is 10.3. The smallest absolute Gasteiger partial charge is 0.410 e. The quantitative estimate of drug-likeness (QED) is 0.359. The second kappa shape index (κ2) is 13.2. The van der Waals surface area contributed by atoms with Gasteiger partial charge in [0.15, 0.2) is 0 Å². The molecule has 0 unspecified atom stereocenters. The zero-order chi connectivity index (χ0) is 30.8. The molecule has 3 fully saturated rings. The van der Waals surface area contributed by atoms with Crippen molar-refractivity contribution in [2.45, 2.75) is 142 Å². The molecular weight excluding hydrogens is 552 g/mol. The molecule has 0 aromatic carbocycles. The fourth-order valence-electron chi connectivity index (χ4n) is 6.49. The van der Waals surface area contributed by atoms with Crippen LogP contribution in [-0.4, -0.2) is 64.9 Å². The minimum absolute atomic E-state index is 0.0359. The highest BCUT2D eigenvalue weighted by Crippen LogP contribution is 2.42. The zero-order valence-electron chi connectivity index (χ0n) is 26.7. The number of likely N-dealkylation sites (tertiary alicyclic amines) is 1. The Bertz CT molecular complexity index is 1090. The average molecular weight is 605 g/mol. The molecule has 8 nitrogen and oxygen atoms in total. The van der Waals surface area contributed by atoms with E-state index >= 15 is 0 Å². The largest absolute Gasteiger partial charge is 0.477 e. The van der Waals surface area contributed by atoms with E-state index in [4.69, 9.17) is 9.47 Å². The van der Waals surface area contributed by atoms with Crippen molar-refractivity contribution in [3.05, 3.63) is 15.8 Å². The molecule has 0 bridgehead atoms. The molecule has 2 amide bonds. The molecular formula is C33H52N2O6S. The molecule has 1 aromatic heterocycles. The van der Waals surface area contributed by atoms with Crippen molar-refractivity contribution in [3.63, 3.8) is 0 Å². The molecule has 0 radical (unpaired) electrons. The van der Waals surface area contributed by atoms with Crippen LogP contribution < -0.4 is 4.90 Å². The molecule has 1 N–H and O–H groups in total. The Morgan fingerprint density at radius 1 is 0.881 bits per heavy atom. The first-order valence-corrected chi connectivity index (χ1v) is 16.8. The number of hydrogen-bond acceptors (Lipinski definition) is 6. The third-order valence-corrected chi connectivity index (χ3v) is 10.5. The summed E-state index contributed by atoms with van der Waals surface area (Å²) in [6.07, 6.45) is 8.60. The summed E-state index contributed by atoms with van der Waals surface area (Å²) < 4.78 is 12.0. The van der Waals surface area contributed by atoms with E-state index in [0.717, 1.165) is 69.1 Å². The molecule has 236 valence electrons. The van der Waals surface area contributed by atoms with Gasteiger partial charge in [-0.2, -0.15) is 0 Å².